The Morgan fingerprint density at radius 2 is 0.630 bits per heavy atom. The van der Waals surface area contributed by atoms with E-state index in [1.54, 1.807) is 105 Å². The van der Waals surface area contributed by atoms with Gasteiger partial charge in [-0.15, -0.1) is 0 Å². The lowest BCUT2D eigenvalue weighted by Crippen LogP contribution is -2.38. The summed E-state index contributed by atoms with van der Waals surface area (Å²) in [7, 11) is 5.45. The molecule has 14 saturated carbocycles. The number of fused-ring (bicyclic) bond motifs is 14. The van der Waals surface area contributed by atoms with E-state index in [-0.39, 0.29) is 129 Å². The van der Waals surface area contributed by atoms with Crippen molar-refractivity contribution < 1.29 is 97.0 Å². The zero-order valence-corrected chi connectivity index (χ0v) is 81.1. The second-order valence-electron chi connectivity index (χ2n) is 42.4. The zero-order chi connectivity index (χ0) is 103. The Labute approximate surface area is 830 Å². The molecule has 52 heteroatoms. The molecule has 14 heterocycles. The van der Waals surface area contributed by atoms with E-state index in [0.29, 0.717) is 171 Å². The zero-order valence-electron chi connectivity index (χ0n) is 81.1. The van der Waals surface area contributed by atoms with E-state index in [1.807, 2.05) is 47.1 Å². The summed E-state index contributed by atoms with van der Waals surface area (Å²) in [5.74, 6) is 4.97. The maximum atomic E-state index is 10.4. The number of imidazole rings is 7. The molecular formula is C94H123N33O19. The lowest BCUT2D eigenvalue weighted by atomic mass is 10.0. The van der Waals surface area contributed by atoms with Gasteiger partial charge < -0.3 is 168 Å². The molecular weight excluding hydrogens is 1900 g/mol. The Kier molecular flexibility index (Phi) is 23.8. The topological polar surface area (TPSA) is 804 Å². The van der Waals surface area contributed by atoms with E-state index >= 15 is 0 Å². The highest BCUT2D eigenvalue weighted by Crippen LogP contribution is 2.73. The van der Waals surface area contributed by atoms with Crippen molar-refractivity contribution in [1.29, 1.82) is 0 Å². The average molecular weight is 2020 g/mol. The summed E-state index contributed by atoms with van der Waals surface area (Å²) in [6.07, 6.45) is 11.3. The number of aliphatic hydroxyl groups excluding tert-OH is 19. The normalized spacial score (nSPS) is 37.0. The Hall–Kier alpha value is -12.2. The molecule has 0 spiro atoms. The first kappa shape index (κ1) is 98.5. The smallest absolute Gasteiger partial charge is 0.166 e. The number of nitrogens with one attached hydrogen (secondary N) is 3. The van der Waals surface area contributed by atoms with Crippen LogP contribution in [0.3, 0.4) is 0 Å². The van der Waals surface area contributed by atoms with Crippen molar-refractivity contribution in [2.45, 2.75) is 206 Å². The molecule has 0 radical (unpaired) electrons. The van der Waals surface area contributed by atoms with Gasteiger partial charge in [0.1, 0.15) is 98.3 Å². The molecule has 14 fully saturated rings. The van der Waals surface area contributed by atoms with Gasteiger partial charge in [0.15, 0.2) is 68.6 Å². The lowest BCUT2D eigenvalue weighted by Gasteiger charge is -2.24. The van der Waals surface area contributed by atoms with Crippen molar-refractivity contribution in [1.82, 2.24) is 127 Å². The molecule has 0 aliphatic heterocycles. The summed E-state index contributed by atoms with van der Waals surface area (Å²) in [6, 6.07) is 3.23. The number of aliphatic hydroxyl groups is 19. The molecule has 28 rings (SSSR count). The van der Waals surface area contributed by atoms with E-state index in [2.05, 4.69) is 115 Å². The summed E-state index contributed by atoms with van der Waals surface area (Å²) < 4.78 is 13.1. The van der Waals surface area contributed by atoms with Crippen molar-refractivity contribution in [3.8, 4) is 0 Å². The van der Waals surface area contributed by atoms with Crippen molar-refractivity contribution in [3.63, 3.8) is 0 Å². The molecule has 0 aromatic carbocycles. The van der Waals surface area contributed by atoms with Gasteiger partial charge in [0, 0.05) is 105 Å². The minimum atomic E-state index is -0.954. The summed E-state index contributed by atoms with van der Waals surface area (Å²) in [5.41, 5.74) is 30.2. The molecule has 146 heavy (non-hydrogen) atoms. The molecule has 52 nitrogen and oxygen atoms in total. The van der Waals surface area contributed by atoms with Crippen LogP contribution in [0.1, 0.15) is 111 Å². The fourth-order valence-corrected chi connectivity index (χ4v) is 27.2. The Morgan fingerprint density at radius 1 is 0.308 bits per heavy atom. The minimum absolute atomic E-state index is 0.0152. The fourth-order valence-electron chi connectivity index (χ4n) is 27.2. The summed E-state index contributed by atoms with van der Waals surface area (Å²) in [4.78, 5) is 81.9. The molecule has 14 aliphatic rings. The second kappa shape index (κ2) is 35.3. The Bertz CT molecular complexity index is 7290. The maximum absolute atomic E-state index is 10.4. The summed E-state index contributed by atoms with van der Waals surface area (Å²) in [6.45, 7) is 8.33. The van der Waals surface area contributed by atoms with Gasteiger partial charge in [-0.1, -0.05) is 0 Å². The average Bonchev–Trinajstić information content (AvgIpc) is 1.52. The van der Waals surface area contributed by atoms with Crippen molar-refractivity contribution in [2.75, 3.05) is 106 Å². The first-order valence-corrected chi connectivity index (χ1v) is 49.2. The van der Waals surface area contributed by atoms with E-state index in [4.69, 9.17) is 22.9 Å². The van der Waals surface area contributed by atoms with Gasteiger partial charge in [-0.2, -0.15) is 0 Å². The van der Waals surface area contributed by atoms with Crippen LogP contribution in [0, 0.1) is 115 Å². The van der Waals surface area contributed by atoms with Crippen LogP contribution in [0.2, 0.25) is 0 Å². The molecule has 0 amide bonds. The van der Waals surface area contributed by atoms with Gasteiger partial charge >= 0.3 is 0 Å². The van der Waals surface area contributed by atoms with E-state index in [0.717, 1.165) is 46.7 Å². The predicted octanol–water partition coefficient (Wildman–Crippen LogP) is -3.67. The molecule has 14 aromatic rings. The van der Waals surface area contributed by atoms with Crippen LogP contribution >= 0.6 is 0 Å². The fraction of sp³-hybridized carbons (Fsp3) is 0.606. The Balaban J connectivity index is 0.0000000969. The highest BCUT2D eigenvalue weighted by molar-refractivity contribution is 5.88. The molecule has 14 aromatic heterocycles. The quantitative estimate of drug-likeness (QED) is 0.0418. The monoisotopic (exact) mass is 2020 g/mol. The molecule has 778 valence electrons. The number of aryl methyl sites for hydroxylation is 5. The van der Waals surface area contributed by atoms with Crippen molar-refractivity contribution in [3.05, 3.63) is 97.9 Å². The summed E-state index contributed by atoms with van der Waals surface area (Å²) >= 11 is 0. The molecule has 30 N–H and O–H groups in total. The van der Waals surface area contributed by atoms with E-state index < -0.39 is 101 Å². The third kappa shape index (κ3) is 14.3. The molecule has 14 aliphatic carbocycles. The molecule has 33 unspecified atom stereocenters. The number of nitrogens with two attached hydrogens (primary N) is 4. The number of hydrogen-bond acceptors (Lipinski definition) is 45. The van der Waals surface area contributed by atoms with Crippen LogP contribution in [-0.2, 0) is 16.6 Å². The van der Waals surface area contributed by atoms with Crippen LogP contribution in [0.15, 0.2) is 68.8 Å². The minimum Gasteiger partial charge on any atom is -0.397 e. The van der Waals surface area contributed by atoms with Gasteiger partial charge in [-0.3, -0.25) is 0 Å². The third-order valence-electron chi connectivity index (χ3n) is 35.6. The molecule has 33 atom stereocenters. The van der Waals surface area contributed by atoms with Crippen LogP contribution in [0.25, 0.3) is 78.1 Å². The Morgan fingerprint density at radius 3 is 1.00 bits per heavy atom. The highest BCUT2D eigenvalue weighted by atomic mass is 16.4. The van der Waals surface area contributed by atoms with Gasteiger partial charge in [0.25, 0.3) is 0 Å². The first-order valence-electron chi connectivity index (χ1n) is 49.2. The second-order valence-corrected chi connectivity index (χ2v) is 42.4. The number of rotatable bonds is 17. The van der Waals surface area contributed by atoms with Crippen molar-refractivity contribution in [2.24, 2.45) is 80.8 Å². The lowest BCUT2D eigenvalue weighted by molar-refractivity contribution is -0.0301. The first-order chi connectivity index (χ1) is 69.9. The molecule has 0 saturated heterocycles. The SMILES string of the molecule is CNc1ccnc2c1ncn2C1CC(O)C2(CO)CC12.CNc1nc(C)nc2c1ncn2C1C(O)C(O)C2(CO)CC12.CNc1nc(C)nc2c1ncn2C1CC(O)C2(CO)CC12.Cc1nc(N)c2ncn(C34CC3C(CO)C(O)C4O)c2n1.Cc1nc(N)c2ncn(C34CC3C(CO)C(O)C4O)c2n1.Cc1nc(N)c2ncn(C3C(O)C(O)C4(CO)CC34)c2n1.Nc1ccnc2c1ncn2C12CC1C(CO)C(O)C2O. The number of anilines is 7. The van der Waals surface area contributed by atoms with Crippen LogP contribution in [0.4, 0.5) is 40.5 Å². The van der Waals surface area contributed by atoms with E-state index in [9.17, 15) is 97.0 Å². The molecule has 0 bridgehead atoms. The van der Waals surface area contributed by atoms with Crippen LogP contribution in [-0.4, -0.2) is 364 Å². The number of nitrogen functional groups attached to an aromatic ring is 4. The van der Waals surface area contributed by atoms with Crippen LogP contribution in [0.5, 0.6) is 0 Å². The standard InChI is InChI=1S/C14H19N5O3.C14H19N5O2.C14H18N4O2.3C13H17N5O3.C13H16N4O3/c1-6-17-12(15-2)8-13(18-6)19(5-16-8)9-7-3-14(7,4-20)11(22)10(9)21;1-7-17-12(15-2)11-13(18-7)19(6-16-11)9-3-10(21)14(5-20)4-8(9)14;1-15-9-2-3-16-13-12(9)17-7-18(13)10-4-11(20)14(6-19)5-8(10)14;2*1-5-16-11(14)8-12(17-5)18(4-15-8)13-2-7(13)6(3-19)9(20)10(13)21;1-5-16-11(14)7-12(17-5)18(4-15-7)8-6-2-13(6,3-19)10(21)9(8)20;14-8-1-2-15-12-9(8)16-5-17(12)13-3-7(13)6(4-18)10(19)11(13)20/h5,7,9-11,20-22H,3-4H2,1-2H3,(H,15,17,18);6,8-10,20-21H,3-5H2,1-2H3,(H,15,17,18);2-3,7-8,10-11,19-20H,4-6H2,1H3,(H,15,16);2*4,6-7,9-10,19-21H,2-3H2,1H3,(H2,14,16,17);4,6,8-10,19-21H,2-3H2,1H3,(H2,14,16,17);1-2,5-7,10-11,18-20H,3-4H2,(H2,14,15). The van der Waals surface area contributed by atoms with E-state index in [1.165, 1.54) is 0 Å². The predicted molar refractivity (Wildman–Crippen MR) is 520 cm³/mol. The number of aromatic nitrogens is 26. The maximum Gasteiger partial charge on any atom is 0.166 e. The van der Waals surface area contributed by atoms with Crippen molar-refractivity contribution >= 4 is 119 Å². The number of pyridine rings is 2. The van der Waals surface area contributed by atoms with Gasteiger partial charge in [0.05, 0.1) is 154 Å². The van der Waals surface area contributed by atoms with Crippen LogP contribution < -0.4 is 38.9 Å². The summed E-state index contributed by atoms with van der Waals surface area (Å²) in [5, 5.41) is 199. The number of hydrogen-bond donors (Lipinski definition) is 26. The van der Waals surface area contributed by atoms with Gasteiger partial charge in [-0.25, -0.2) is 94.7 Å². The highest BCUT2D eigenvalue weighted by Gasteiger charge is 2.77. The number of nitrogens with zero attached hydrogens (tertiary/aromatic N) is 26. The van der Waals surface area contributed by atoms with Gasteiger partial charge in [-0.05, 0) is 146 Å². The van der Waals surface area contributed by atoms with Gasteiger partial charge in [0.2, 0.25) is 0 Å². The third-order valence-corrected chi connectivity index (χ3v) is 35.6. The largest absolute Gasteiger partial charge is 0.397 e.